The molecule has 0 radical (unpaired) electrons. The van der Waals surface area contributed by atoms with E-state index in [0.717, 1.165) is 94.7 Å². The molecule has 0 fully saturated rings. The molecule has 0 aliphatic carbocycles. The molecule has 0 aliphatic heterocycles. The molecule has 12 aromatic rings. The van der Waals surface area contributed by atoms with Crippen LogP contribution in [0.25, 0.3) is 112 Å². The maximum absolute atomic E-state index is 5.39. The van der Waals surface area contributed by atoms with E-state index in [1.807, 2.05) is 60.7 Å². The van der Waals surface area contributed by atoms with Crippen LogP contribution in [0.5, 0.6) is 0 Å². The van der Waals surface area contributed by atoms with Crippen LogP contribution >= 0.6 is 0 Å². The monoisotopic (exact) mass is 818 g/mol. The van der Waals surface area contributed by atoms with Crippen LogP contribution in [0.15, 0.2) is 231 Å². The number of hydrogen-bond donors (Lipinski definition) is 0. The molecule has 0 spiro atoms. The van der Waals surface area contributed by atoms with Gasteiger partial charge in [-0.1, -0.05) is 194 Å². The minimum atomic E-state index is 0.625. The van der Waals surface area contributed by atoms with E-state index in [0.29, 0.717) is 17.5 Å². The Morgan fingerprint density at radius 2 is 0.672 bits per heavy atom. The maximum Gasteiger partial charge on any atom is 0.220 e. The third-order valence-electron chi connectivity index (χ3n) is 12.0. The average molecular weight is 819 g/mol. The molecule has 0 aliphatic rings. The number of rotatable bonds is 8. The number of fused-ring (bicyclic) bond motifs is 5. The molecule has 0 amide bonds. The van der Waals surface area contributed by atoms with Crippen molar-refractivity contribution in [3.05, 3.63) is 231 Å². The summed E-state index contributed by atoms with van der Waals surface area (Å²) in [6.07, 6.45) is 0. The van der Waals surface area contributed by atoms with E-state index in [9.17, 15) is 0 Å². The molecule has 0 saturated heterocycles. The SMILES string of the molecule is c1ccc(-c2cc(-c3ccccc3)c(-n3c4ccc(-c5ccc(-c6nc(-c7ccccc7)nc(-c7ccccc7)n6)cc5)cc4n4c5ccccc5nc34)c(-c3ccccc3)c2)cc1. The fourth-order valence-corrected chi connectivity index (χ4v) is 8.90. The highest BCUT2D eigenvalue weighted by Crippen LogP contribution is 2.43. The van der Waals surface area contributed by atoms with Gasteiger partial charge in [0.15, 0.2) is 17.5 Å². The predicted octanol–water partition coefficient (Wildman–Crippen LogP) is 14.3. The van der Waals surface area contributed by atoms with E-state index in [1.54, 1.807) is 0 Å². The molecule has 0 bridgehead atoms. The first-order valence-corrected chi connectivity index (χ1v) is 21.5. The predicted molar refractivity (Wildman–Crippen MR) is 261 cm³/mol. The third-order valence-corrected chi connectivity index (χ3v) is 12.0. The topological polar surface area (TPSA) is 60.9 Å². The fraction of sp³-hybridized carbons (Fsp3) is 0. The third kappa shape index (κ3) is 6.53. The second-order valence-electron chi connectivity index (χ2n) is 15.9. The van der Waals surface area contributed by atoms with Crippen LogP contribution in [0.1, 0.15) is 0 Å². The highest BCUT2D eigenvalue weighted by molar-refractivity contribution is 5.99. The summed E-state index contributed by atoms with van der Waals surface area (Å²) in [6, 6.07) is 80.7. The van der Waals surface area contributed by atoms with Crippen molar-refractivity contribution in [2.75, 3.05) is 0 Å². The summed E-state index contributed by atoms with van der Waals surface area (Å²) in [5.41, 5.74) is 17.0. The number of aromatic nitrogens is 6. The van der Waals surface area contributed by atoms with Gasteiger partial charge >= 0.3 is 0 Å². The Morgan fingerprint density at radius 1 is 0.266 bits per heavy atom. The molecule has 3 aromatic heterocycles. The molecule has 6 nitrogen and oxygen atoms in total. The summed E-state index contributed by atoms with van der Waals surface area (Å²) in [4.78, 5) is 20.2. The molecule has 0 unspecified atom stereocenters. The summed E-state index contributed by atoms with van der Waals surface area (Å²) >= 11 is 0. The van der Waals surface area contributed by atoms with Crippen LogP contribution in [-0.2, 0) is 0 Å². The lowest BCUT2D eigenvalue weighted by Gasteiger charge is -2.20. The number of hydrogen-bond acceptors (Lipinski definition) is 4. The highest BCUT2D eigenvalue weighted by Gasteiger charge is 2.24. The Labute approximate surface area is 370 Å². The lowest BCUT2D eigenvalue weighted by molar-refractivity contribution is 1.07. The van der Waals surface area contributed by atoms with Gasteiger partial charge in [0.2, 0.25) is 5.78 Å². The number of benzene rings is 9. The zero-order chi connectivity index (χ0) is 42.4. The Hall–Kier alpha value is -8.74. The summed E-state index contributed by atoms with van der Waals surface area (Å²) < 4.78 is 4.69. The van der Waals surface area contributed by atoms with Crippen LogP contribution in [-0.4, -0.2) is 28.9 Å². The van der Waals surface area contributed by atoms with Gasteiger partial charge in [0.1, 0.15) is 0 Å². The summed E-state index contributed by atoms with van der Waals surface area (Å²) in [5, 5.41) is 0. The van der Waals surface area contributed by atoms with Crippen molar-refractivity contribution >= 4 is 27.8 Å². The Morgan fingerprint density at radius 3 is 1.20 bits per heavy atom. The van der Waals surface area contributed by atoms with Gasteiger partial charge in [-0.2, -0.15) is 0 Å². The summed E-state index contributed by atoms with van der Waals surface area (Å²) in [7, 11) is 0. The fourth-order valence-electron chi connectivity index (χ4n) is 8.90. The summed E-state index contributed by atoms with van der Waals surface area (Å²) in [6.45, 7) is 0. The number of nitrogens with zero attached hydrogens (tertiary/aromatic N) is 6. The highest BCUT2D eigenvalue weighted by atomic mass is 15.2. The smallest absolute Gasteiger partial charge is 0.220 e. The zero-order valence-corrected chi connectivity index (χ0v) is 34.6. The van der Waals surface area contributed by atoms with Crippen LogP contribution < -0.4 is 0 Å². The van der Waals surface area contributed by atoms with Crippen LogP contribution in [0.2, 0.25) is 0 Å². The van der Waals surface area contributed by atoms with Gasteiger partial charge in [-0.15, -0.1) is 0 Å². The van der Waals surface area contributed by atoms with Crippen molar-refractivity contribution in [2.24, 2.45) is 0 Å². The molecule has 0 atom stereocenters. The molecule has 12 rings (SSSR count). The normalized spacial score (nSPS) is 11.4. The van der Waals surface area contributed by atoms with Gasteiger partial charge in [0.25, 0.3) is 0 Å². The molecule has 300 valence electrons. The second kappa shape index (κ2) is 15.6. The molecule has 6 heteroatoms. The van der Waals surface area contributed by atoms with Gasteiger partial charge in [-0.3, -0.25) is 8.97 Å². The quantitative estimate of drug-likeness (QED) is 0.153. The van der Waals surface area contributed by atoms with E-state index in [4.69, 9.17) is 19.9 Å². The van der Waals surface area contributed by atoms with Gasteiger partial charge in [-0.25, -0.2) is 19.9 Å². The molecule has 0 saturated carbocycles. The largest absolute Gasteiger partial charge is 0.277 e. The van der Waals surface area contributed by atoms with Gasteiger partial charge in [0.05, 0.1) is 27.8 Å². The molecule has 9 aromatic carbocycles. The number of imidazole rings is 2. The second-order valence-corrected chi connectivity index (χ2v) is 15.9. The van der Waals surface area contributed by atoms with E-state index >= 15 is 0 Å². The molecular weight excluding hydrogens is 781 g/mol. The van der Waals surface area contributed by atoms with Crippen LogP contribution in [0.4, 0.5) is 0 Å². The van der Waals surface area contributed by atoms with Crippen molar-refractivity contribution in [1.29, 1.82) is 0 Å². The molecular formula is C58H38N6. The maximum atomic E-state index is 5.39. The van der Waals surface area contributed by atoms with Gasteiger partial charge < -0.3 is 0 Å². The first-order chi connectivity index (χ1) is 31.7. The van der Waals surface area contributed by atoms with Crippen LogP contribution in [0.3, 0.4) is 0 Å². The Balaban J connectivity index is 1.05. The zero-order valence-electron chi connectivity index (χ0n) is 34.6. The average Bonchev–Trinajstić information content (AvgIpc) is 3.91. The van der Waals surface area contributed by atoms with Gasteiger partial charge in [0, 0.05) is 27.8 Å². The minimum Gasteiger partial charge on any atom is -0.277 e. The van der Waals surface area contributed by atoms with E-state index in [1.165, 1.54) is 0 Å². The standard InChI is InChI=1S/C58H38N6/c1-6-18-39(19-7-1)47-36-48(41-20-8-2-9-21-41)54(49(37-47)42-22-10-3-11-23-42)64-52-35-34-46(38-53(52)63-51-29-17-16-28-50(51)59-58(63)64)40-30-32-45(33-31-40)57-61-55(43-24-12-4-13-25-43)60-56(62-57)44-26-14-5-15-27-44/h1-38H. The van der Waals surface area contributed by atoms with Gasteiger partial charge in [-0.05, 0) is 69.8 Å². The van der Waals surface area contributed by atoms with E-state index in [-0.39, 0.29) is 0 Å². The first kappa shape index (κ1) is 37.1. The molecule has 64 heavy (non-hydrogen) atoms. The summed E-state index contributed by atoms with van der Waals surface area (Å²) in [5.74, 6) is 2.75. The minimum absolute atomic E-state index is 0.625. The van der Waals surface area contributed by atoms with Crippen molar-refractivity contribution in [3.63, 3.8) is 0 Å². The van der Waals surface area contributed by atoms with Crippen LogP contribution in [0, 0.1) is 0 Å². The molecule has 3 heterocycles. The van der Waals surface area contributed by atoms with Crippen molar-refractivity contribution in [2.45, 2.75) is 0 Å². The van der Waals surface area contributed by atoms with Crippen molar-refractivity contribution < 1.29 is 0 Å². The van der Waals surface area contributed by atoms with Crippen molar-refractivity contribution in [1.82, 2.24) is 28.9 Å². The van der Waals surface area contributed by atoms with E-state index in [2.05, 4.69) is 179 Å². The Bertz CT molecular complexity index is 3500. The first-order valence-electron chi connectivity index (χ1n) is 21.5. The van der Waals surface area contributed by atoms with Crippen molar-refractivity contribution in [3.8, 4) is 84.4 Å². The number of para-hydroxylation sites is 2. The molecule has 0 N–H and O–H groups in total. The van der Waals surface area contributed by atoms with E-state index < -0.39 is 0 Å². The Kier molecular flexibility index (Phi) is 9.05. The lowest BCUT2D eigenvalue weighted by atomic mass is 9.90. The lowest BCUT2D eigenvalue weighted by Crippen LogP contribution is -2.02.